The molecule has 3 amide bonds. The Hall–Kier alpha value is -2.40. The number of carbonyl (C=O) groups is 2. The highest BCUT2D eigenvalue weighted by Gasteiger charge is 2.49. The molecule has 0 saturated carbocycles. The van der Waals surface area contributed by atoms with Crippen LogP contribution >= 0.6 is 11.8 Å². The third-order valence-electron chi connectivity index (χ3n) is 5.59. The Morgan fingerprint density at radius 3 is 2.71 bits per heavy atom. The molecule has 3 aliphatic rings. The number of aliphatic imine (C=N–C) groups is 1. The van der Waals surface area contributed by atoms with E-state index in [1.807, 2.05) is 31.7 Å². The quantitative estimate of drug-likeness (QED) is 0.404. The van der Waals surface area contributed by atoms with E-state index >= 15 is 0 Å². The maximum absolute atomic E-state index is 12.7. The van der Waals surface area contributed by atoms with Crippen molar-refractivity contribution in [1.29, 1.82) is 0 Å². The highest BCUT2D eigenvalue weighted by molar-refractivity contribution is 7.99. The predicted octanol–water partition coefficient (Wildman–Crippen LogP) is 0.924. The number of ether oxygens (including phenoxy) is 1. The standard InChI is InChI=1S/C20H29N7O3S/c1-12-6-7-21-18(22-12)31-9-5-8-27-15-16(25(4)20(29)24-17(15)28)23-19(27)26-10-13(2)30-14(3)11-26/h6-7,13-16H,5,8-11H2,1-4H3,(H,24,28,29). The average molecular weight is 448 g/mol. The Labute approximate surface area is 186 Å². The van der Waals surface area contributed by atoms with E-state index in [-0.39, 0.29) is 18.1 Å². The molecule has 11 heteroatoms. The van der Waals surface area contributed by atoms with Crippen molar-refractivity contribution in [1.82, 2.24) is 30.0 Å². The summed E-state index contributed by atoms with van der Waals surface area (Å²) in [7, 11) is 1.68. The minimum Gasteiger partial charge on any atom is -0.372 e. The topological polar surface area (TPSA) is 103 Å². The van der Waals surface area contributed by atoms with Gasteiger partial charge in [0.25, 0.3) is 5.91 Å². The molecule has 1 aromatic heterocycles. The van der Waals surface area contributed by atoms with Crippen LogP contribution in [0.5, 0.6) is 0 Å². The number of hydrogen-bond acceptors (Lipinski definition) is 9. The van der Waals surface area contributed by atoms with Crippen LogP contribution in [0.25, 0.3) is 0 Å². The van der Waals surface area contributed by atoms with Crippen molar-refractivity contribution in [3.63, 3.8) is 0 Å². The summed E-state index contributed by atoms with van der Waals surface area (Å²) in [6, 6.07) is 0.944. The summed E-state index contributed by atoms with van der Waals surface area (Å²) in [5.74, 6) is 1.29. The van der Waals surface area contributed by atoms with Gasteiger partial charge in [-0.15, -0.1) is 0 Å². The lowest BCUT2D eigenvalue weighted by Gasteiger charge is -2.41. The van der Waals surface area contributed by atoms with Crippen molar-refractivity contribution in [2.24, 2.45) is 4.99 Å². The lowest BCUT2D eigenvalue weighted by atomic mass is 10.1. The van der Waals surface area contributed by atoms with Crippen LogP contribution < -0.4 is 5.32 Å². The van der Waals surface area contributed by atoms with Gasteiger partial charge in [0.15, 0.2) is 23.3 Å². The van der Waals surface area contributed by atoms with Crippen LogP contribution in [0, 0.1) is 6.92 Å². The molecule has 1 N–H and O–H groups in total. The van der Waals surface area contributed by atoms with Crippen LogP contribution in [0.1, 0.15) is 26.0 Å². The van der Waals surface area contributed by atoms with Gasteiger partial charge in [0.1, 0.15) is 0 Å². The largest absolute Gasteiger partial charge is 0.372 e. The first-order valence-corrected chi connectivity index (χ1v) is 11.6. The van der Waals surface area contributed by atoms with Gasteiger partial charge in [-0.25, -0.2) is 19.8 Å². The van der Waals surface area contributed by atoms with Gasteiger partial charge in [-0.1, -0.05) is 11.8 Å². The van der Waals surface area contributed by atoms with Crippen LogP contribution in [-0.4, -0.2) is 99.4 Å². The lowest BCUT2D eigenvalue weighted by Crippen LogP contribution is -2.64. The molecule has 0 aromatic carbocycles. The number of rotatable bonds is 5. The predicted molar refractivity (Wildman–Crippen MR) is 117 cm³/mol. The fourth-order valence-corrected chi connectivity index (χ4v) is 5.05. The number of guanidine groups is 1. The van der Waals surface area contributed by atoms with E-state index in [4.69, 9.17) is 9.73 Å². The van der Waals surface area contributed by atoms with E-state index in [2.05, 4.69) is 20.2 Å². The van der Waals surface area contributed by atoms with Gasteiger partial charge in [-0.2, -0.15) is 0 Å². The second kappa shape index (κ2) is 8.99. The minimum atomic E-state index is -0.522. The molecule has 4 atom stereocenters. The average Bonchev–Trinajstić information content (AvgIpc) is 3.09. The summed E-state index contributed by atoms with van der Waals surface area (Å²) in [5.41, 5.74) is 0.941. The second-order valence-corrected chi connectivity index (χ2v) is 9.29. The summed E-state index contributed by atoms with van der Waals surface area (Å²) >= 11 is 1.60. The van der Waals surface area contributed by atoms with E-state index in [9.17, 15) is 9.59 Å². The minimum absolute atomic E-state index is 0.0677. The Morgan fingerprint density at radius 2 is 2.00 bits per heavy atom. The molecule has 0 radical (unpaired) electrons. The molecular weight excluding hydrogens is 418 g/mol. The van der Waals surface area contributed by atoms with Gasteiger partial charge >= 0.3 is 6.03 Å². The molecule has 0 bridgehead atoms. The van der Waals surface area contributed by atoms with Crippen LogP contribution in [0.2, 0.25) is 0 Å². The number of carbonyl (C=O) groups excluding carboxylic acids is 2. The number of thioether (sulfide) groups is 1. The number of nitrogens with zero attached hydrogens (tertiary/aromatic N) is 6. The maximum Gasteiger partial charge on any atom is 0.325 e. The molecule has 31 heavy (non-hydrogen) atoms. The number of amides is 3. The molecule has 0 aliphatic carbocycles. The SMILES string of the molecule is Cc1ccnc(SCCCN2C(N3CC(C)OC(C)C3)=NC3C2C(=O)NC(=O)N3C)n1. The molecule has 4 heterocycles. The molecule has 4 rings (SSSR count). The molecule has 1 aromatic rings. The van der Waals surface area contributed by atoms with Gasteiger partial charge in [0.2, 0.25) is 0 Å². The van der Waals surface area contributed by atoms with Crippen LogP contribution in [0.3, 0.4) is 0 Å². The zero-order chi connectivity index (χ0) is 22.1. The number of hydrogen-bond donors (Lipinski definition) is 1. The summed E-state index contributed by atoms with van der Waals surface area (Å²) in [4.78, 5) is 44.2. The van der Waals surface area contributed by atoms with E-state index in [0.29, 0.717) is 19.6 Å². The first kappa shape index (κ1) is 21.8. The number of nitrogens with one attached hydrogen (secondary N) is 1. The fourth-order valence-electron chi connectivity index (χ4n) is 4.25. The fraction of sp³-hybridized carbons (Fsp3) is 0.650. The molecule has 2 fully saturated rings. The van der Waals surface area contributed by atoms with Gasteiger partial charge in [0, 0.05) is 44.3 Å². The van der Waals surface area contributed by atoms with Crippen LogP contribution in [0.4, 0.5) is 4.79 Å². The van der Waals surface area contributed by atoms with E-state index in [0.717, 1.165) is 29.0 Å². The Kier molecular flexibility index (Phi) is 6.33. The summed E-state index contributed by atoms with van der Waals surface area (Å²) in [6.45, 7) is 8.07. The van der Waals surface area contributed by atoms with Crippen molar-refractivity contribution in [2.75, 3.05) is 32.4 Å². The Morgan fingerprint density at radius 1 is 1.26 bits per heavy atom. The van der Waals surface area contributed by atoms with E-state index in [1.54, 1.807) is 25.0 Å². The summed E-state index contributed by atoms with van der Waals surface area (Å²) in [5, 5.41) is 3.21. The van der Waals surface area contributed by atoms with Crippen molar-refractivity contribution >= 4 is 29.7 Å². The first-order chi connectivity index (χ1) is 14.8. The first-order valence-electron chi connectivity index (χ1n) is 10.6. The zero-order valence-corrected chi connectivity index (χ0v) is 19.1. The Bertz CT molecular complexity index is 872. The third kappa shape index (κ3) is 4.62. The van der Waals surface area contributed by atoms with Gasteiger partial charge in [-0.3, -0.25) is 10.1 Å². The zero-order valence-electron chi connectivity index (χ0n) is 18.3. The second-order valence-electron chi connectivity index (χ2n) is 8.23. The number of aryl methyl sites for hydroxylation is 1. The summed E-state index contributed by atoms with van der Waals surface area (Å²) < 4.78 is 5.87. The number of urea groups is 1. The van der Waals surface area contributed by atoms with Gasteiger partial charge in [0.05, 0.1) is 12.2 Å². The van der Waals surface area contributed by atoms with Crippen LogP contribution in [-0.2, 0) is 9.53 Å². The van der Waals surface area contributed by atoms with E-state index < -0.39 is 18.2 Å². The molecular formula is C20H29N7O3S. The summed E-state index contributed by atoms with van der Waals surface area (Å²) in [6.07, 6.45) is 2.21. The maximum atomic E-state index is 12.7. The number of imide groups is 1. The molecule has 4 unspecified atom stereocenters. The van der Waals surface area contributed by atoms with Crippen molar-refractivity contribution < 1.29 is 14.3 Å². The third-order valence-corrected chi connectivity index (χ3v) is 6.54. The molecule has 2 saturated heterocycles. The monoisotopic (exact) mass is 447 g/mol. The van der Waals surface area contributed by atoms with Crippen molar-refractivity contribution in [3.05, 3.63) is 18.0 Å². The number of aromatic nitrogens is 2. The molecule has 168 valence electrons. The number of morpholine rings is 1. The number of fused-ring (bicyclic) bond motifs is 1. The van der Waals surface area contributed by atoms with Crippen molar-refractivity contribution in [2.45, 2.75) is 56.8 Å². The van der Waals surface area contributed by atoms with E-state index in [1.165, 1.54) is 4.90 Å². The highest BCUT2D eigenvalue weighted by atomic mass is 32.2. The molecule has 3 aliphatic heterocycles. The number of likely N-dealkylation sites (N-methyl/N-ethyl adjacent to an activating group) is 1. The Balaban J connectivity index is 1.48. The molecule has 10 nitrogen and oxygen atoms in total. The highest BCUT2D eigenvalue weighted by Crippen LogP contribution is 2.27. The normalized spacial score (nSPS) is 28.5. The van der Waals surface area contributed by atoms with Crippen molar-refractivity contribution in [3.8, 4) is 0 Å². The van der Waals surface area contributed by atoms with Gasteiger partial charge < -0.3 is 19.4 Å². The molecule has 0 spiro atoms. The lowest BCUT2D eigenvalue weighted by molar-refractivity contribution is -0.127. The van der Waals surface area contributed by atoms with Crippen LogP contribution in [0.15, 0.2) is 22.4 Å². The van der Waals surface area contributed by atoms with Gasteiger partial charge in [-0.05, 0) is 33.3 Å². The smallest absolute Gasteiger partial charge is 0.325 e.